The molecule has 0 radical (unpaired) electrons. The first-order chi connectivity index (χ1) is 12.3. The van der Waals surface area contributed by atoms with Crippen LogP contribution in [-0.2, 0) is 0 Å². The molecule has 122 valence electrons. The Labute approximate surface area is 146 Å². The first-order valence-corrected chi connectivity index (χ1v) is 8.29. The Morgan fingerprint density at radius 2 is 1.12 bits per heavy atom. The Bertz CT molecular complexity index is 834. The summed E-state index contributed by atoms with van der Waals surface area (Å²) in [5.74, 6) is -0.123. The lowest BCUT2D eigenvalue weighted by Gasteiger charge is -2.05. The zero-order valence-corrected chi connectivity index (χ0v) is 13.6. The molecule has 1 heterocycles. The van der Waals surface area contributed by atoms with Crippen molar-refractivity contribution in [3.05, 3.63) is 108 Å². The van der Waals surface area contributed by atoms with E-state index in [4.69, 9.17) is 0 Å². The summed E-state index contributed by atoms with van der Waals surface area (Å²) < 4.78 is 0. The molecule has 3 nitrogen and oxygen atoms in total. The van der Waals surface area contributed by atoms with Gasteiger partial charge in [-0.2, -0.15) is 0 Å². The maximum absolute atomic E-state index is 12.9. The lowest BCUT2D eigenvalue weighted by Crippen LogP contribution is -2.19. The molecule has 1 amide bonds. The van der Waals surface area contributed by atoms with Crippen molar-refractivity contribution >= 4 is 11.7 Å². The molecule has 0 saturated carbocycles. The molecule has 0 aromatic heterocycles. The summed E-state index contributed by atoms with van der Waals surface area (Å²) in [6.07, 6.45) is 0. The number of rotatable bonds is 4. The van der Waals surface area contributed by atoms with Crippen LogP contribution in [0.1, 0.15) is 32.3 Å². The third-order valence-corrected chi connectivity index (χ3v) is 4.53. The predicted octanol–water partition coefficient (Wildman–Crippen LogP) is 4.14. The summed E-state index contributed by atoms with van der Waals surface area (Å²) in [6, 6.07) is 27.4. The van der Waals surface area contributed by atoms with Crippen molar-refractivity contribution in [1.29, 1.82) is 0 Å². The van der Waals surface area contributed by atoms with Crippen LogP contribution in [-0.4, -0.2) is 22.6 Å². The average Bonchev–Trinajstić information content (AvgIpc) is 3.44. The van der Waals surface area contributed by atoms with E-state index in [0.717, 1.165) is 5.56 Å². The van der Waals surface area contributed by atoms with E-state index >= 15 is 0 Å². The highest BCUT2D eigenvalue weighted by molar-refractivity contribution is 6.08. The summed E-state index contributed by atoms with van der Waals surface area (Å²) in [5.41, 5.74) is 2.23. The number of ketones is 1. The number of amides is 1. The lowest BCUT2D eigenvalue weighted by atomic mass is 10.0. The summed E-state index contributed by atoms with van der Waals surface area (Å²) in [6.45, 7) is 0. The Balaban J connectivity index is 1.68. The second-order valence-corrected chi connectivity index (χ2v) is 6.11. The normalized spacial score (nSPS) is 18.6. The van der Waals surface area contributed by atoms with Gasteiger partial charge >= 0.3 is 0 Å². The molecule has 3 aromatic carbocycles. The molecule has 4 rings (SSSR count). The molecule has 0 spiro atoms. The monoisotopic (exact) mass is 327 g/mol. The average molecular weight is 327 g/mol. The summed E-state index contributed by atoms with van der Waals surface area (Å²) >= 11 is 0. The van der Waals surface area contributed by atoms with Gasteiger partial charge in [0.05, 0.1) is 6.04 Å². The second-order valence-electron chi connectivity index (χ2n) is 6.11. The third-order valence-electron chi connectivity index (χ3n) is 4.53. The molecule has 2 unspecified atom stereocenters. The van der Waals surface area contributed by atoms with Crippen LogP contribution in [0.25, 0.3) is 0 Å². The zero-order chi connectivity index (χ0) is 17.2. The Morgan fingerprint density at radius 1 is 0.640 bits per heavy atom. The largest absolute Gasteiger partial charge is 0.316 e. The third kappa shape index (κ3) is 2.85. The number of Topliss-reactive ketones (excluding diaryl/α,β-unsaturated/α-hetero) is 1. The highest BCUT2D eigenvalue weighted by atomic mass is 16.2. The fourth-order valence-corrected chi connectivity index (χ4v) is 3.25. The van der Waals surface area contributed by atoms with Crippen LogP contribution in [0.3, 0.4) is 0 Å². The van der Waals surface area contributed by atoms with Gasteiger partial charge in [-0.25, -0.2) is 0 Å². The highest BCUT2D eigenvalue weighted by Crippen LogP contribution is 2.45. The molecule has 1 saturated heterocycles. The van der Waals surface area contributed by atoms with Crippen molar-refractivity contribution in [3.63, 3.8) is 0 Å². The number of hydrogen-bond acceptors (Lipinski definition) is 2. The van der Waals surface area contributed by atoms with Crippen LogP contribution in [0.15, 0.2) is 91.0 Å². The Kier molecular flexibility index (Phi) is 3.90. The van der Waals surface area contributed by atoms with Crippen molar-refractivity contribution in [2.75, 3.05) is 0 Å². The molecule has 0 bridgehead atoms. The minimum Gasteiger partial charge on any atom is -0.316 e. The number of carbonyl (C=O) groups is 2. The molecular weight excluding hydrogens is 310 g/mol. The van der Waals surface area contributed by atoms with Gasteiger partial charge in [0.1, 0.15) is 6.04 Å². The summed E-state index contributed by atoms with van der Waals surface area (Å²) in [4.78, 5) is 27.5. The van der Waals surface area contributed by atoms with Crippen molar-refractivity contribution < 1.29 is 9.59 Å². The molecule has 2 atom stereocenters. The molecular formula is C22H17NO2. The summed E-state index contributed by atoms with van der Waals surface area (Å²) in [7, 11) is 0. The molecule has 1 aliphatic rings. The molecule has 1 aliphatic heterocycles. The standard InChI is InChI=1S/C22H17NO2/c24-21(17-12-6-2-7-13-17)20-19(16-10-4-1-5-11-16)23(20)22(25)18-14-8-3-9-15-18/h1-15,19-20H. The van der Waals surface area contributed by atoms with Crippen molar-refractivity contribution in [3.8, 4) is 0 Å². The van der Waals surface area contributed by atoms with Crippen LogP contribution in [0, 0.1) is 0 Å². The number of hydrogen-bond donors (Lipinski definition) is 0. The van der Waals surface area contributed by atoms with Crippen LogP contribution in [0.5, 0.6) is 0 Å². The van der Waals surface area contributed by atoms with E-state index in [1.165, 1.54) is 0 Å². The van der Waals surface area contributed by atoms with Gasteiger partial charge < -0.3 is 4.90 Å². The van der Waals surface area contributed by atoms with Crippen LogP contribution >= 0.6 is 0 Å². The van der Waals surface area contributed by atoms with Crippen molar-refractivity contribution in [2.24, 2.45) is 0 Å². The smallest absolute Gasteiger partial charge is 0.255 e. The van der Waals surface area contributed by atoms with E-state index in [9.17, 15) is 9.59 Å². The van der Waals surface area contributed by atoms with Crippen LogP contribution in [0.4, 0.5) is 0 Å². The molecule has 3 aromatic rings. The molecule has 25 heavy (non-hydrogen) atoms. The van der Waals surface area contributed by atoms with Gasteiger partial charge in [-0.3, -0.25) is 9.59 Å². The topological polar surface area (TPSA) is 37.1 Å². The van der Waals surface area contributed by atoms with Gasteiger partial charge in [0, 0.05) is 11.1 Å². The van der Waals surface area contributed by atoms with Gasteiger partial charge in [0.15, 0.2) is 5.78 Å². The number of benzene rings is 3. The van der Waals surface area contributed by atoms with Crippen molar-refractivity contribution in [2.45, 2.75) is 12.1 Å². The van der Waals surface area contributed by atoms with Gasteiger partial charge in [0.2, 0.25) is 0 Å². The van der Waals surface area contributed by atoms with E-state index in [1.807, 2.05) is 66.7 Å². The van der Waals surface area contributed by atoms with Crippen molar-refractivity contribution in [1.82, 2.24) is 4.90 Å². The maximum atomic E-state index is 12.9. The quantitative estimate of drug-likeness (QED) is 0.533. The molecule has 0 aliphatic carbocycles. The number of nitrogens with zero attached hydrogens (tertiary/aromatic N) is 1. The van der Waals surface area contributed by atoms with E-state index in [-0.39, 0.29) is 17.7 Å². The molecule has 3 heteroatoms. The van der Waals surface area contributed by atoms with Gasteiger partial charge in [0.25, 0.3) is 5.91 Å². The van der Waals surface area contributed by atoms with Crippen LogP contribution < -0.4 is 0 Å². The fourth-order valence-electron chi connectivity index (χ4n) is 3.25. The van der Waals surface area contributed by atoms with E-state index in [1.54, 1.807) is 29.2 Å². The lowest BCUT2D eigenvalue weighted by molar-refractivity contribution is 0.0833. The van der Waals surface area contributed by atoms with E-state index in [2.05, 4.69) is 0 Å². The second kappa shape index (κ2) is 6.36. The molecule has 0 N–H and O–H groups in total. The van der Waals surface area contributed by atoms with Crippen LogP contribution in [0.2, 0.25) is 0 Å². The number of carbonyl (C=O) groups excluding carboxylic acids is 2. The highest BCUT2D eigenvalue weighted by Gasteiger charge is 2.56. The molecule has 1 fully saturated rings. The Morgan fingerprint density at radius 3 is 1.68 bits per heavy atom. The summed E-state index contributed by atoms with van der Waals surface area (Å²) in [5, 5.41) is 0. The maximum Gasteiger partial charge on any atom is 0.255 e. The zero-order valence-electron chi connectivity index (χ0n) is 13.6. The minimum absolute atomic E-state index is 0.0151. The fraction of sp³-hybridized carbons (Fsp3) is 0.0909. The minimum atomic E-state index is -0.447. The first-order valence-electron chi connectivity index (χ1n) is 8.29. The SMILES string of the molecule is O=C(c1ccccc1)C1C(c2ccccc2)N1C(=O)c1ccccc1. The van der Waals surface area contributed by atoms with Gasteiger partial charge in [-0.1, -0.05) is 78.9 Å². The van der Waals surface area contributed by atoms with Gasteiger partial charge in [-0.05, 0) is 17.7 Å². The van der Waals surface area contributed by atoms with Gasteiger partial charge in [-0.15, -0.1) is 0 Å². The predicted molar refractivity (Wildman–Crippen MR) is 96.4 cm³/mol. The van der Waals surface area contributed by atoms with E-state index in [0.29, 0.717) is 11.1 Å². The first kappa shape index (κ1) is 15.3. The Hall–Kier alpha value is -3.20. The van der Waals surface area contributed by atoms with E-state index < -0.39 is 6.04 Å².